The number of benzene rings is 1. The molecule has 1 rings (SSSR count). The van der Waals surface area contributed by atoms with Crippen molar-refractivity contribution in [3.63, 3.8) is 0 Å². The highest BCUT2D eigenvalue weighted by Gasteiger charge is 2.29. The second kappa shape index (κ2) is 9.02. The van der Waals surface area contributed by atoms with Gasteiger partial charge in [-0.2, -0.15) is 13.2 Å². The third-order valence-electron chi connectivity index (χ3n) is 2.93. The first kappa shape index (κ1) is 18.8. The van der Waals surface area contributed by atoms with E-state index in [4.69, 9.17) is 0 Å². The van der Waals surface area contributed by atoms with E-state index in [1.54, 1.807) is 4.90 Å². The van der Waals surface area contributed by atoms with Gasteiger partial charge in [-0.1, -0.05) is 30.3 Å². The number of nitrogens with zero attached hydrogens (tertiary/aromatic N) is 1. The number of halogens is 3. The van der Waals surface area contributed by atoms with Crippen molar-refractivity contribution in [2.24, 2.45) is 0 Å². The molecule has 0 aliphatic carbocycles. The Hall–Kier alpha value is -2.25. The zero-order chi connectivity index (χ0) is 17.3. The molecule has 0 aliphatic rings. The lowest BCUT2D eigenvalue weighted by atomic mass is 10.2. The summed E-state index contributed by atoms with van der Waals surface area (Å²) in [6, 6.07) is 9.39. The van der Waals surface area contributed by atoms with Gasteiger partial charge < -0.3 is 15.0 Å². The van der Waals surface area contributed by atoms with Gasteiger partial charge in [-0.05, 0) is 12.5 Å². The molecule has 0 radical (unpaired) electrons. The highest BCUT2D eigenvalue weighted by atomic mass is 19.4. The lowest BCUT2D eigenvalue weighted by Gasteiger charge is -2.21. The first-order chi connectivity index (χ1) is 10.8. The molecule has 2 amide bonds. The molecule has 23 heavy (non-hydrogen) atoms. The smallest absolute Gasteiger partial charge is 0.422 e. The molecule has 1 aromatic carbocycles. The topological polar surface area (TPSA) is 58.6 Å². The Bertz CT molecular complexity index is 506. The molecule has 0 unspecified atom stereocenters. The van der Waals surface area contributed by atoms with E-state index in [2.05, 4.69) is 10.1 Å². The second-order valence-electron chi connectivity index (χ2n) is 4.76. The van der Waals surface area contributed by atoms with Gasteiger partial charge in [0.2, 0.25) is 5.91 Å². The van der Waals surface area contributed by atoms with Gasteiger partial charge in [0.15, 0.2) is 6.61 Å². The molecule has 0 atom stereocenters. The van der Waals surface area contributed by atoms with Gasteiger partial charge in [0.05, 0.1) is 0 Å². The predicted octanol–water partition coefficient (Wildman–Crippen LogP) is 2.71. The van der Waals surface area contributed by atoms with Crippen molar-refractivity contribution in [1.29, 1.82) is 0 Å². The number of rotatable bonds is 7. The van der Waals surface area contributed by atoms with Gasteiger partial charge in [0.25, 0.3) is 0 Å². The molecule has 0 saturated carbocycles. The molecular weight excluding hydrogens is 313 g/mol. The van der Waals surface area contributed by atoms with Gasteiger partial charge in [0, 0.05) is 26.1 Å². The van der Waals surface area contributed by atoms with Crippen LogP contribution in [0.25, 0.3) is 0 Å². The Morgan fingerprint density at radius 2 is 1.87 bits per heavy atom. The zero-order valence-electron chi connectivity index (χ0n) is 12.7. The molecule has 1 aromatic rings. The van der Waals surface area contributed by atoms with Crippen LogP contribution in [0.15, 0.2) is 30.3 Å². The zero-order valence-corrected chi connectivity index (χ0v) is 12.7. The van der Waals surface area contributed by atoms with E-state index < -0.39 is 18.9 Å². The summed E-state index contributed by atoms with van der Waals surface area (Å²) in [6.07, 6.45) is -5.77. The molecule has 5 nitrogen and oxygen atoms in total. The number of ether oxygens (including phenoxy) is 1. The summed E-state index contributed by atoms with van der Waals surface area (Å²) in [5.74, 6) is -0.201. The van der Waals surface area contributed by atoms with Crippen LogP contribution < -0.4 is 5.32 Å². The summed E-state index contributed by atoms with van der Waals surface area (Å²) in [6.45, 7) is 1.02. The Balaban J connectivity index is 2.32. The van der Waals surface area contributed by atoms with Crippen LogP contribution in [0.1, 0.15) is 18.9 Å². The Morgan fingerprint density at radius 1 is 1.22 bits per heavy atom. The highest BCUT2D eigenvalue weighted by Crippen LogP contribution is 2.14. The van der Waals surface area contributed by atoms with E-state index in [-0.39, 0.29) is 18.9 Å². The lowest BCUT2D eigenvalue weighted by Crippen LogP contribution is -2.35. The lowest BCUT2D eigenvalue weighted by molar-refractivity contribution is -0.160. The maximum Gasteiger partial charge on any atom is 0.422 e. The molecule has 0 aromatic heterocycles. The molecule has 0 fully saturated rings. The van der Waals surface area contributed by atoms with Crippen LogP contribution in [0.5, 0.6) is 0 Å². The van der Waals surface area contributed by atoms with Crippen molar-refractivity contribution in [2.45, 2.75) is 26.1 Å². The third-order valence-corrected chi connectivity index (χ3v) is 2.93. The summed E-state index contributed by atoms with van der Waals surface area (Å²) >= 11 is 0. The minimum Gasteiger partial charge on any atom is -0.440 e. The van der Waals surface area contributed by atoms with Crippen LogP contribution in [0, 0.1) is 0 Å². The fraction of sp³-hybridized carbons (Fsp3) is 0.467. The van der Waals surface area contributed by atoms with E-state index in [0.29, 0.717) is 13.1 Å². The molecule has 0 spiro atoms. The molecular formula is C15H19F3N2O3. The quantitative estimate of drug-likeness (QED) is 0.835. The number of amides is 2. The standard InChI is InChI=1S/C15H19F3N2O3/c1-2-20(10-12-6-4-3-5-7-12)13(21)8-9-19-14(22)23-11-15(16,17)18/h3-7H,2,8-11H2,1H3,(H,19,22). The number of carbonyl (C=O) groups excluding carboxylic acids is 2. The minimum absolute atomic E-state index is 0.0121. The number of carbonyl (C=O) groups is 2. The van der Waals surface area contributed by atoms with Gasteiger partial charge in [-0.3, -0.25) is 4.79 Å². The molecule has 0 bridgehead atoms. The van der Waals surface area contributed by atoms with Gasteiger partial charge in [-0.25, -0.2) is 4.79 Å². The van der Waals surface area contributed by atoms with Crippen LogP contribution in [-0.2, 0) is 16.1 Å². The molecule has 0 aliphatic heterocycles. The van der Waals surface area contributed by atoms with Crippen LogP contribution in [0.2, 0.25) is 0 Å². The van der Waals surface area contributed by atoms with E-state index in [1.807, 2.05) is 37.3 Å². The number of nitrogens with one attached hydrogen (secondary N) is 1. The Morgan fingerprint density at radius 3 is 2.43 bits per heavy atom. The van der Waals surface area contributed by atoms with Gasteiger partial charge in [-0.15, -0.1) is 0 Å². The van der Waals surface area contributed by atoms with Crippen LogP contribution in [0.4, 0.5) is 18.0 Å². The largest absolute Gasteiger partial charge is 0.440 e. The molecule has 0 saturated heterocycles. The SMILES string of the molecule is CCN(Cc1ccccc1)C(=O)CCNC(=O)OCC(F)(F)F. The fourth-order valence-electron chi connectivity index (χ4n) is 1.81. The highest BCUT2D eigenvalue weighted by molar-refractivity contribution is 5.77. The van der Waals surface area contributed by atoms with Crippen molar-refractivity contribution >= 4 is 12.0 Å². The number of hydrogen-bond donors (Lipinski definition) is 1. The molecule has 128 valence electrons. The van der Waals surface area contributed by atoms with Crippen molar-refractivity contribution in [2.75, 3.05) is 19.7 Å². The summed E-state index contributed by atoms with van der Waals surface area (Å²) in [5.41, 5.74) is 0.972. The number of alkyl carbamates (subject to hydrolysis) is 1. The van der Waals surface area contributed by atoms with E-state index in [1.165, 1.54) is 0 Å². The maximum atomic E-state index is 12.0. The monoisotopic (exact) mass is 332 g/mol. The normalized spacial score (nSPS) is 11.0. The second-order valence-corrected chi connectivity index (χ2v) is 4.76. The molecule has 8 heteroatoms. The minimum atomic E-state index is -4.57. The first-order valence-electron chi connectivity index (χ1n) is 7.11. The fourth-order valence-corrected chi connectivity index (χ4v) is 1.81. The first-order valence-corrected chi connectivity index (χ1v) is 7.11. The summed E-state index contributed by atoms with van der Waals surface area (Å²) in [7, 11) is 0. The van der Waals surface area contributed by atoms with Crippen LogP contribution in [0.3, 0.4) is 0 Å². The van der Waals surface area contributed by atoms with E-state index in [9.17, 15) is 22.8 Å². The Labute approximate surface area is 132 Å². The number of hydrogen-bond acceptors (Lipinski definition) is 3. The van der Waals surface area contributed by atoms with Crippen molar-refractivity contribution in [3.8, 4) is 0 Å². The van der Waals surface area contributed by atoms with E-state index in [0.717, 1.165) is 5.56 Å². The maximum absolute atomic E-state index is 12.0. The third kappa shape index (κ3) is 8.08. The number of alkyl halides is 3. The summed E-state index contributed by atoms with van der Waals surface area (Å²) in [5, 5.41) is 2.12. The average Bonchev–Trinajstić information content (AvgIpc) is 2.50. The van der Waals surface area contributed by atoms with Gasteiger partial charge in [0.1, 0.15) is 0 Å². The summed E-state index contributed by atoms with van der Waals surface area (Å²) < 4.78 is 39.5. The molecule has 1 N–H and O–H groups in total. The predicted molar refractivity (Wildman–Crippen MR) is 77.6 cm³/mol. The van der Waals surface area contributed by atoms with Crippen molar-refractivity contribution in [3.05, 3.63) is 35.9 Å². The average molecular weight is 332 g/mol. The van der Waals surface area contributed by atoms with Crippen molar-refractivity contribution in [1.82, 2.24) is 10.2 Å². The van der Waals surface area contributed by atoms with Crippen LogP contribution in [-0.4, -0.2) is 42.8 Å². The van der Waals surface area contributed by atoms with E-state index >= 15 is 0 Å². The van der Waals surface area contributed by atoms with Crippen LogP contribution >= 0.6 is 0 Å². The summed E-state index contributed by atoms with van der Waals surface area (Å²) in [4.78, 5) is 24.7. The van der Waals surface area contributed by atoms with Gasteiger partial charge >= 0.3 is 12.3 Å². The Kier molecular flexibility index (Phi) is 7.37. The molecule has 0 heterocycles. The van der Waals surface area contributed by atoms with Crippen molar-refractivity contribution < 1.29 is 27.5 Å².